The summed E-state index contributed by atoms with van der Waals surface area (Å²) < 4.78 is 0. The number of carbonyl (C=O) groups is 2. The molecule has 2 aliphatic rings. The number of anilines is 1. The number of nitrogens with two attached hydrogens (primary N) is 1. The van der Waals surface area contributed by atoms with Crippen molar-refractivity contribution < 1.29 is 9.59 Å². The molecule has 1 saturated carbocycles. The third-order valence-corrected chi connectivity index (χ3v) is 8.66. The molecule has 0 radical (unpaired) electrons. The number of nitrogens with zero attached hydrogens (tertiary/aromatic N) is 2. The van der Waals surface area contributed by atoms with Gasteiger partial charge in [-0.2, -0.15) is 0 Å². The van der Waals surface area contributed by atoms with Crippen molar-refractivity contribution in [2.24, 2.45) is 11.7 Å². The Kier molecular flexibility index (Phi) is 8.36. The standard InChI is InChI=1S/C32H41N5O2/c1-36(2)26-14-7-22(8-15-26)9-16-30(38)37-19-17-24(18-20-37)31(32(33)39)35-25-12-10-23(11-13-25)28-21-34-29-6-4-3-5-27(28)29/h3-9,14-16,21,23-25,31,34-35H,10-13,17-20H2,1-2H3,(H2,33,39)/b16-9+. The Balaban J connectivity index is 1.11. The second kappa shape index (κ2) is 12.1. The molecule has 2 aromatic carbocycles. The number of carbonyl (C=O) groups excluding carboxylic acids is 2. The number of amides is 2. The summed E-state index contributed by atoms with van der Waals surface area (Å²) >= 11 is 0. The van der Waals surface area contributed by atoms with Crippen molar-refractivity contribution in [3.63, 3.8) is 0 Å². The van der Waals surface area contributed by atoms with E-state index < -0.39 is 0 Å². The van der Waals surface area contributed by atoms with Gasteiger partial charge in [-0.15, -0.1) is 0 Å². The lowest BCUT2D eigenvalue weighted by molar-refractivity contribution is -0.128. The first kappa shape index (κ1) is 27.0. The van der Waals surface area contributed by atoms with Crippen LogP contribution < -0.4 is 16.0 Å². The number of hydrogen-bond acceptors (Lipinski definition) is 4. The van der Waals surface area contributed by atoms with Gasteiger partial charge in [0.05, 0.1) is 6.04 Å². The molecule has 39 heavy (non-hydrogen) atoms. The summed E-state index contributed by atoms with van der Waals surface area (Å²) in [6, 6.07) is 16.6. The first-order chi connectivity index (χ1) is 18.9. The van der Waals surface area contributed by atoms with Crippen molar-refractivity contribution in [2.75, 3.05) is 32.1 Å². The molecule has 3 aromatic rings. The van der Waals surface area contributed by atoms with Crippen LogP contribution in [0.15, 0.2) is 60.8 Å². The van der Waals surface area contributed by atoms with Crippen LogP contribution in [0.4, 0.5) is 5.69 Å². The molecular weight excluding hydrogens is 486 g/mol. The maximum absolute atomic E-state index is 12.8. The summed E-state index contributed by atoms with van der Waals surface area (Å²) in [6.07, 6.45) is 11.5. The van der Waals surface area contributed by atoms with Gasteiger partial charge in [-0.05, 0) is 85.8 Å². The smallest absolute Gasteiger partial charge is 0.246 e. The van der Waals surface area contributed by atoms with E-state index in [1.165, 1.54) is 16.5 Å². The van der Waals surface area contributed by atoms with Gasteiger partial charge in [0.2, 0.25) is 11.8 Å². The minimum atomic E-state index is -0.345. The Morgan fingerprint density at radius 1 is 1.00 bits per heavy atom. The van der Waals surface area contributed by atoms with Crippen molar-refractivity contribution in [3.05, 3.63) is 71.9 Å². The second-order valence-electron chi connectivity index (χ2n) is 11.4. The Hall–Kier alpha value is -3.58. The summed E-state index contributed by atoms with van der Waals surface area (Å²) in [6.45, 7) is 1.29. The molecule has 2 heterocycles. The summed E-state index contributed by atoms with van der Waals surface area (Å²) in [5.41, 5.74) is 10.6. The zero-order chi connectivity index (χ0) is 27.4. The van der Waals surface area contributed by atoms with E-state index in [9.17, 15) is 9.59 Å². The highest BCUT2D eigenvalue weighted by Gasteiger charge is 2.34. The number of benzene rings is 2. The molecule has 2 amide bonds. The predicted octanol–water partition coefficient (Wildman–Crippen LogP) is 4.66. The average Bonchev–Trinajstić information content (AvgIpc) is 3.39. The van der Waals surface area contributed by atoms with Crippen LogP contribution in [0, 0.1) is 5.92 Å². The molecule has 1 unspecified atom stereocenters. The third kappa shape index (κ3) is 6.36. The fourth-order valence-corrected chi connectivity index (χ4v) is 6.32. The summed E-state index contributed by atoms with van der Waals surface area (Å²) in [5, 5.41) is 4.95. The van der Waals surface area contributed by atoms with Crippen molar-refractivity contribution >= 4 is 34.5 Å². The average molecular weight is 528 g/mol. The number of aromatic amines is 1. The van der Waals surface area contributed by atoms with Crippen LogP contribution >= 0.6 is 0 Å². The van der Waals surface area contributed by atoms with E-state index in [0.29, 0.717) is 25.0 Å². The number of primary amides is 1. The van der Waals surface area contributed by atoms with Crippen LogP contribution in [0.5, 0.6) is 0 Å². The summed E-state index contributed by atoms with van der Waals surface area (Å²) in [5.74, 6) is 0.434. The van der Waals surface area contributed by atoms with Gasteiger partial charge in [0.25, 0.3) is 0 Å². The lowest BCUT2D eigenvalue weighted by Gasteiger charge is -2.38. The van der Waals surface area contributed by atoms with Crippen LogP contribution in [0.25, 0.3) is 17.0 Å². The number of para-hydroxylation sites is 1. The van der Waals surface area contributed by atoms with E-state index in [1.807, 2.05) is 54.2 Å². The maximum atomic E-state index is 12.8. The molecule has 1 atom stereocenters. The quantitative estimate of drug-likeness (QED) is 0.372. The van der Waals surface area contributed by atoms with E-state index >= 15 is 0 Å². The Morgan fingerprint density at radius 3 is 2.36 bits per heavy atom. The number of rotatable bonds is 8. The molecule has 1 aliphatic carbocycles. The van der Waals surface area contributed by atoms with Gasteiger partial charge in [0, 0.05) is 62.1 Å². The monoisotopic (exact) mass is 527 g/mol. The van der Waals surface area contributed by atoms with Crippen molar-refractivity contribution in [1.29, 1.82) is 0 Å². The van der Waals surface area contributed by atoms with Crippen LogP contribution in [-0.2, 0) is 9.59 Å². The lowest BCUT2D eigenvalue weighted by Crippen LogP contribution is -2.54. The Morgan fingerprint density at radius 2 is 1.69 bits per heavy atom. The summed E-state index contributed by atoms with van der Waals surface area (Å²) in [7, 11) is 4.01. The number of piperidine rings is 1. The second-order valence-corrected chi connectivity index (χ2v) is 11.4. The highest BCUT2D eigenvalue weighted by molar-refractivity contribution is 5.92. The number of fused-ring (bicyclic) bond motifs is 1. The first-order valence-corrected chi connectivity index (χ1v) is 14.2. The van der Waals surface area contributed by atoms with Crippen molar-refractivity contribution in [2.45, 2.75) is 56.5 Å². The minimum Gasteiger partial charge on any atom is -0.378 e. The van der Waals surface area contributed by atoms with Crippen molar-refractivity contribution in [3.8, 4) is 0 Å². The molecule has 1 saturated heterocycles. The van der Waals surface area contributed by atoms with E-state index in [1.54, 1.807) is 6.08 Å². The molecule has 206 valence electrons. The van der Waals surface area contributed by atoms with Gasteiger partial charge >= 0.3 is 0 Å². The number of aromatic nitrogens is 1. The molecule has 0 bridgehead atoms. The van der Waals surface area contributed by atoms with Gasteiger partial charge in [0.15, 0.2) is 0 Å². The number of nitrogens with one attached hydrogen (secondary N) is 2. The van der Waals surface area contributed by atoms with E-state index in [0.717, 1.165) is 49.8 Å². The third-order valence-electron chi connectivity index (χ3n) is 8.66. The van der Waals surface area contributed by atoms with Gasteiger partial charge in [-0.25, -0.2) is 0 Å². The molecule has 7 nitrogen and oxygen atoms in total. The Bertz CT molecular complexity index is 1300. The molecule has 4 N–H and O–H groups in total. The van der Waals surface area contributed by atoms with Gasteiger partial charge in [0.1, 0.15) is 0 Å². The van der Waals surface area contributed by atoms with Crippen LogP contribution in [0.2, 0.25) is 0 Å². The molecule has 7 heteroatoms. The van der Waals surface area contributed by atoms with Gasteiger partial charge in [-0.3, -0.25) is 9.59 Å². The highest BCUT2D eigenvalue weighted by atomic mass is 16.2. The zero-order valence-corrected chi connectivity index (χ0v) is 23.1. The largest absolute Gasteiger partial charge is 0.378 e. The number of likely N-dealkylation sites (tertiary alicyclic amines) is 1. The zero-order valence-electron chi connectivity index (χ0n) is 23.1. The molecule has 2 fully saturated rings. The number of hydrogen-bond donors (Lipinski definition) is 3. The highest BCUT2D eigenvalue weighted by Crippen LogP contribution is 2.37. The van der Waals surface area contributed by atoms with Crippen LogP contribution in [0.1, 0.15) is 55.6 Å². The van der Waals surface area contributed by atoms with E-state index in [2.05, 4.69) is 40.8 Å². The van der Waals surface area contributed by atoms with E-state index in [4.69, 9.17) is 5.73 Å². The van der Waals surface area contributed by atoms with Crippen LogP contribution in [0.3, 0.4) is 0 Å². The fourth-order valence-electron chi connectivity index (χ4n) is 6.32. The number of H-pyrrole nitrogens is 1. The fraction of sp³-hybridized carbons (Fsp3) is 0.438. The van der Waals surface area contributed by atoms with Gasteiger partial charge < -0.3 is 25.8 Å². The molecule has 1 aromatic heterocycles. The first-order valence-electron chi connectivity index (χ1n) is 14.2. The SMILES string of the molecule is CN(C)c1ccc(/C=C/C(=O)N2CCC(C(NC3CCC(c4c[nH]c5ccccc45)CC3)C(N)=O)CC2)cc1. The lowest BCUT2D eigenvalue weighted by atomic mass is 9.80. The van der Waals surface area contributed by atoms with Crippen LogP contribution in [-0.4, -0.2) is 61.0 Å². The van der Waals surface area contributed by atoms with Crippen molar-refractivity contribution in [1.82, 2.24) is 15.2 Å². The minimum absolute atomic E-state index is 0.0179. The molecule has 1 aliphatic heterocycles. The van der Waals surface area contributed by atoms with Gasteiger partial charge in [-0.1, -0.05) is 30.3 Å². The normalized spacial score (nSPS) is 21.3. The molecule has 0 spiro atoms. The maximum Gasteiger partial charge on any atom is 0.246 e. The molecule has 5 rings (SSSR count). The predicted molar refractivity (Wildman–Crippen MR) is 159 cm³/mol. The molecular formula is C32H41N5O2. The van der Waals surface area contributed by atoms with E-state index in [-0.39, 0.29) is 23.8 Å². The Labute approximate surface area is 231 Å². The summed E-state index contributed by atoms with van der Waals surface area (Å²) in [4.78, 5) is 32.6. The topological polar surface area (TPSA) is 94.5 Å².